The fourth-order valence-corrected chi connectivity index (χ4v) is 2.96. The van der Waals surface area contributed by atoms with E-state index in [2.05, 4.69) is 5.32 Å². The summed E-state index contributed by atoms with van der Waals surface area (Å²) >= 11 is 0. The number of carbonyl (C=O) groups is 2. The third kappa shape index (κ3) is 4.38. The first-order valence-corrected chi connectivity index (χ1v) is 8.65. The second-order valence-electron chi connectivity index (χ2n) is 6.35. The van der Waals surface area contributed by atoms with Gasteiger partial charge in [0.15, 0.2) is 0 Å². The highest BCUT2D eigenvalue weighted by atomic mass is 16.2. The summed E-state index contributed by atoms with van der Waals surface area (Å²) in [5, 5.41) is 2.87. The van der Waals surface area contributed by atoms with Crippen LogP contribution in [-0.4, -0.2) is 29.8 Å². The zero-order valence-electron chi connectivity index (χ0n) is 14.2. The number of benzene rings is 2. The predicted molar refractivity (Wildman–Crippen MR) is 98.2 cm³/mol. The number of likely N-dealkylation sites (tertiary alicyclic amines) is 1. The molecule has 1 aliphatic heterocycles. The van der Waals surface area contributed by atoms with Crippen molar-refractivity contribution < 1.29 is 9.59 Å². The van der Waals surface area contributed by atoms with Crippen LogP contribution in [0.25, 0.3) is 0 Å². The summed E-state index contributed by atoms with van der Waals surface area (Å²) < 4.78 is 0. The van der Waals surface area contributed by atoms with Gasteiger partial charge in [-0.1, -0.05) is 12.1 Å². The number of rotatable bonds is 4. The molecule has 0 spiro atoms. The molecule has 1 aliphatic rings. The lowest BCUT2D eigenvalue weighted by atomic mass is 10.1. The molecule has 2 aromatic carbocycles. The monoisotopic (exact) mass is 337 g/mol. The molecule has 0 radical (unpaired) electrons. The lowest BCUT2D eigenvalue weighted by Gasteiger charge is -2.26. The number of anilines is 1. The summed E-state index contributed by atoms with van der Waals surface area (Å²) in [6.07, 6.45) is 3.37. The highest BCUT2D eigenvalue weighted by Crippen LogP contribution is 2.14. The Balaban J connectivity index is 1.56. The van der Waals surface area contributed by atoms with Gasteiger partial charge in [0, 0.05) is 36.4 Å². The first-order valence-electron chi connectivity index (χ1n) is 8.65. The highest BCUT2D eigenvalue weighted by Gasteiger charge is 2.17. The molecule has 2 amide bonds. The van der Waals surface area contributed by atoms with Crippen LogP contribution in [0.5, 0.6) is 0 Å². The van der Waals surface area contributed by atoms with Gasteiger partial charge >= 0.3 is 0 Å². The number of hydrogen-bond acceptors (Lipinski definition) is 3. The van der Waals surface area contributed by atoms with Crippen LogP contribution >= 0.6 is 0 Å². The minimum atomic E-state index is -0.145. The van der Waals surface area contributed by atoms with Crippen molar-refractivity contribution in [2.45, 2.75) is 25.8 Å². The molecule has 0 aromatic heterocycles. The lowest BCUT2D eigenvalue weighted by Crippen LogP contribution is -2.35. The molecule has 5 nitrogen and oxygen atoms in total. The van der Waals surface area contributed by atoms with Crippen molar-refractivity contribution in [1.29, 1.82) is 0 Å². The molecule has 2 aromatic rings. The molecule has 1 fully saturated rings. The van der Waals surface area contributed by atoms with E-state index < -0.39 is 0 Å². The number of carbonyl (C=O) groups excluding carboxylic acids is 2. The Morgan fingerprint density at radius 1 is 0.880 bits per heavy atom. The molecule has 0 unspecified atom stereocenters. The van der Waals surface area contributed by atoms with Crippen LogP contribution in [0.3, 0.4) is 0 Å². The van der Waals surface area contributed by atoms with Gasteiger partial charge in [-0.05, 0) is 61.2 Å². The van der Waals surface area contributed by atoms with Crippen molar-refractivity contribution in [2.24, 2.45) is 0 Å². The first-order chi connectivity index (χ1) is 12.1. The molecule has 1 heterocycles. The predicted octanol–water partition coefficient (Wildman–Crippen LogP) is 2.82. The molecule has 0 bridgehead atoms. The van der Waals surface area contributed by atoms with Crippen LogP contribution in [0.2, 0.25) is 0 Å². The molecule has 1 saturated heterocycles. The van der Waals surface area contributed by atoms with Crippen molar-refractivity contribution in [3.05, 3.63) is 65.2 Å². The quantitative estimate of drug-likeness (QED) is 0.843. The van der Waals surface area contributed by atoms with Gasteiger partial charge < -0.3 is 16.0 Å². The average Bonchev–Trinajstić information content (AvgIpc) is 2.67. The van der Waals surface area contributed by atoms with Gasteiger partial charge in [0.1, 0.15) is 0 Å². The van der Waals surface area contributed by atoms with Crippen LogP contribution in [0.15, 0.2) is 48.5 Å². The molecular weight excluding hydrogens is 314 g/mol. The van der Waals surface area contributed by atoms with E-state index in [0.717, 1.165) is 31.5 Å². The Bertz CT molecular complexity index is 733. The zero-order chi connectivity index (χ0) is 17.6. The standard InChI is InChI=1S/C20H23N3O2/c21-18-10-8-16(9-11-18)19(24)22-14-15-4-6-17(7-5-15)20(25)23-12-2-1-3-13-23/h4-11H,1-3,12-14,21H2,(H,22,24). The minimum Gasteiger partial charge on any atom is -0.399 e. The first kappa shape index (κ1) is 17.0. The van der Waals surface area contributed by atoms with Gasteiger partial charge in [-0.3, -0.25) is 9.59 Å². The van der Waals surface area contributed by atoms with Crippen molar-refractivity contribution >= 4 is 17.5 Å². The Hall–Kier alpha value is -2.82. The molecule has 130 valence electrons. The summed E-state index contributed by atoms with van der Waals surface area (Å²) in [4.78, 5) is 26.5. The molecule has 3 rings (SSSR count). The second-order valence-corrected chi connectivity index (χ2v) is 6.35. The van der Waals surface area contributed by atoms with Crippen LogP contribution in [0.4, 0.5) is 5.69 Å². The van der Waals surface area contributed by atoms with Gasteiger partial charge in [-0.15, -0.1) is 0 Å². The number of nitrogens with zero attached hydrogens (tertiary/aromatic N) is 1. The summed E-state index contributed by atoms with van der Waals surface area (Å²) in [6, 6.07) is 14.3. The maximum atomic E-state index is 12.4. The van der Waals surface area contributed by atoms with Gasteiger partial charge in [-0.25, -0.2) is 0 Å². The van der Waals surface area contributed by atoms with Gasteiger partial charge in [0.05, 0.1) is 0 Å². The summed E-state index contributed by atoms with van der Waals surface area (Å²) in [5.41, 5.74) is 8.49. The van der Waals surface area contributed by atoms with Crippen molar-refractivity contribution in [3.8, 4) is 0 Å². The fraction of sp³-hybridized carbons (Fsp3) is 0.300. The molecule has 0 aliphatic carbocycles. The van der Waals surface area contributed by atoms with Crippen molar-refractivity contribution in [1.82, 2.24) is 10.2 Å². The third-order valence-electron chi connectivity index (χ3n) is 4.47. The number of nitrogen functional groups attached to an aromatic ring is 1. The lowest BCUT2D eigenvalue weighted by molar-refractivity contribution is 0.0724. The van der Waals surface area contributed by atoms with E-state index in [1.807, 2.05) is 29.2 Å². The van der Waals surface area contributed by atoms with Crippen LogP contribution in [-0.2, 0) is 6.54 Å². The normalized spacial score (nSPS) is 14.2. The number of nitrogens with two attached hydrogens (primary N) is 1. The second kappa shape index (κ2) is 7.83. The summed E-state index contributed by atoms with van der Waals surface area (Å²) in [7, 11) is 0. The van der Waals surface area contributed by atoms with E-state index >= 15 is 0 Å². The van der Waals surface area contributed by atoms with Crippen molar-refractivity contribution in [3.63, 3.8) is 0 Å². The molecular formula is C20H23N3O2. The Morgan fingerprint density at radius 2 is 1.48 bits per heavy atom. The zero-order valence-corrected chi connectivity index (χ0v) is 14.2. The fourth-order valence-electron chi connectivity index (χ4n) is 2.96. The minimum absolute atomic E-state index is 0.0946. The molecule has 5 heteroatoms. The van der Waals surface area contributed by atoms with Gasteiger partial charge in [-0.2, -0.15) is 0 Å². The van der Waals surface area contributed by atoms with E-state index in [0.29, 0.717) is 23.4 Å². The van der Waals surface area contributed by atoms with Crippen molar-refractivity contribution in [2.75, 3.05) is 18.8 Å². The van der Waals surface area contributed by atoms with E-state index in [1.54, 1.807) is 24.3 Å². The molecule has 0 atom stereocenters. The van der Waals surface area contributed by atoms with Gasteiger partial charge in [0.2, 0.25) is 0 Å². The van der Waals surface area contributed by atoms with Gasteiger partial charge in [0.25, 0.3) is 11.8 Å². The highest BCUT2D eigenvalue weighted by molar-refractivity contribution is 5.95. The van der Waals surface area contributed by atoms with E-state index in [9.17, 15) is 9.59 Å². The van der Waals surface area contributed by atoms with E-state index in [1.165, 1.54) is 6.42 Å². The molecule has 3 N–H and O–H groups in total. The topological polar surface area (TPSA) is 75.4 Å². The SMILES string of the molecule is Nc1ccc(C(=O)NCc2ccc(C(=O)N3CCCCC3)cc2)cc1. The average molecular weight is 337 g/mol. The molecule has 25 heavy (non-hydrogen) atoms. The van der Waals surface area contributed by atoms with E-state index in [4.69, 9.17) is 5.73 Å². The van der Waals surface area contributed by atoms with E-state index in [-0.39, 0.29) is 11.8 Å². The summed E-state index contributed by atoms with van der Waals surface area (Å²) in [5.74, 6) is -0.0503. The van der Waals surface area contributed by atoms with Crippen LogP contribution in [0.1, 0.15) is 45.5 Å². The smallest absolute Gasteiger partial charge is 0.253 e. The number of nitrogens with one attached hydrogen (secondary N) is 1. The maximum absolute atomic E-state index is 12.4. The van der Waals surface area contributed by atoms with Crippen LogP contribution < -0.4 is 11.1 Å². The maximum Gasteiger partial charge on any atom is 0.253 e. The number of amides is 2. The number of piperidine rings is 1. The third-order valence-corrected chi connectivity index (χ3v) is 4.47. The Labute approximate surface area is 147 Å². The largest absolute Gasteiger partial charge is 0.399 e. The number of hydrogen-bond donors (Lipinski definition) is 2. The molecule has 0 saturated carbocycles. The van der Waals surface area contributed by atoms with Crippen LogP contribution in [0, 0.1) is 0 Å². The Kier molecular flexibility index (Phi) is 5.33. The Morgan fingerprint density at radius 3 is 2.12 bits per heavy atom. The summed E-state index contributed by atoms with van der Waals surface area (Å²) in [6.45, 7) is 2.11.